The van der Waals surface area contributed by atoms with Crippen LogP contribution in [0.1, 0.15) is 32.1 Å². The monoisotopic (exact) mass is 494 g/mol. The Balaban J connectivity index is 1.35. The van der Waals surface area contributed by atoms with E-state index in [0.717, 1.165) is 32.2 Å². The number of carbonyl (C=O) groups excluding carboxylic acids is 1. The summed E-state index contributed by atoms with van der Waals surface area (Å²) in [5, 5.41) is 2.83. The number of hydrogen-bond acceptors (Lipinski definition) is 8. The zero-order chi connectivity index (χ0) is 23.5. The lowest BCUT2D eigenvalue weighted by molar-refractivity contribution is 0.0445. The van der Waals surface area contributed by atoms with Crippen molar-refractivity contribution in [2.45, 2.75) is 49.4 Å². The first-order chi connectivity index (χ1) is 16.4. The molecule has 0 radical (unpaired) electrons. The molecule has 1 amide bonds. The summed E-state index contributed by atoms with van der Waals surface area (Å²) < 4.78 is 40.7. The van der Waals surface area contributed by atoms with Gasteiger partial charge in [-0.3, -0.25) is 4.90 Å². The van der Waals surface area contributed by atoms with E-state index in [1.165, 1.54) is 6.20 Å². The van der Waals surface area contributed by atoms with E-state index in [4.69, 9.17) is 21.1 Å². The maximum absolute atomic E-state index is 15.0. The Hall–Kier alpha value is -2.53. The van der Waals surface area contributed by atoms with Gasteiger partial charge in [-0.1, -0.05) is 11.6 Å². The van der Waals surface area contributed by atoms with Gasteiger partial charge in [0.05, 0.1) is 24.0 Å². The average molecular weight is 495 g/mol. The molecule has 9 nitrogen and oxygen atoms in total. The highest BCUT2D eigenvalue weighted by Crippen LogP contribution is 2.41. The highest BCUT2D eigenvalue weighted by Gasteiger charge is 2.49. The van der Waals surface area contributed by atoms with E-state index in [1.807, 2.05) is 4.90 Å². The molecule has 6 heterocycles. The number of anilines is 1. The Kier molecular flexibility index (Phi) is 5.18. The summed E-state index contributed by atoms with van der Waals surface area (Å²) in [6.45, 7) is 2.90. The SMILES string of the molecule is O=C1NC[C@]2(CCCN(c3nc(OC[C@@]45CCCN4C[C@H](F)C5)nc4c(F)c(Cl)ncc34)C2)O1. The third-order valence-corrected chi connectivity index (χ3v) is 7.80. The molecule has 1 spiro atoms. The van der Waals surface area contributed by atoms with Gasteiger partial charge in [0.1, 0.15) is 29.7 Å². The van der Waals surface area contributed by atoms with Crippen molar-refractivity contribution >= 4 is 34.4 Å². The summed E-state index contributed by atoms with van der Waals surface area (Å²) in [6.07, 6.45) is 3.83. The molecular weight excluding hydrogens is 470 g/mol. The number of alkyl carbamates (subject to hydrolysis) is 1. The predicted octanol–water partition coefficient (Wildman–Crippen LogP) is 2.85. The maximum atomic E-state index is 15.0. The van der Waals surface area contributed by atoms with Crippen molar-refractivity contribution in [1.82, 2.24) is 25.2 Å². The Bertz CT molecular complexity index is 1160. The number of amides is 1. The van der Waals surface area contributed by atoms with Crippen molar-refractivity contribution in [2.24, 2.45) is 0 Å². The van der Waals surface area contributed by atoms with Crippen molar-refractivity contribution in [3.05, 3.63) is 17.2 Å². The minimum atomic E-state index is -0.883. The molecule has 34 heavy (non-hydrogen) atoms. The molecule has 12 heteroatoms. The lowest BCUT2D eigenvalue weighted by Crippen LogP contribution is -2.51. The van der Waals surface area contributed by atoms with Gasteiger partial charge >= 0.3 is 12.1 Å². The molecule has 2 aromatic rings. The first-order valence-electron chi connectivity index (χ1n) is 11.6. The van der Waals surface area contributed by atoms with Gasteiger partial charge in [0.15, 0.2) is 11.0 Å². The molecule has 6 rings (SSSR count). The molecule has 4 aliphatic rings. The highest BCUT2D eigenvalue weighted by atomic mass is 35.5. The Morgan fingerprint density at radius 1 is 1.29 bits per heavy atom. The van der Waals surface area contributed by atoms with Crippen LogP contribution >= 0.6 is 11.6 Å². The Morgan fingerprint density at radius 2 is 2.15 bits per heavy atom. The standard InChI is InChI=1S/C22H25ClF2N6O3/c23-17-15(25)16-14(8-26-17)18(30-5-2-4-22(11-30)10-27-20(32)34-22)29-19(28-16)33-12-21-3-1-6-31(21)9-13(24)7-21/h8,13H,1-7,9-12H2,(H,27,32)/t13-,21+,22+/m1/s1. The fourth-order valence-electron chi connectivity index (χ4n) is 5.96. The zero-order valence-corrected chi connectivity index (χ0v) is 19.3. The van der Waals surface area contributed by atoms with Gasteiger partial charge < -0.3 is 19.7 Å². The van der Waals surface area contributed by atoms with Gasteiger partial charge in [0.25, 0.3) is 0 Å². The molecule has 1 N–H and O–H groups in total. The molecule has 0 unspecified atom stereocenters. The van der Waals surface area contributed by atoms with Crippen LogP contribution in [0.5, 0.6) is 6.01 Å². The molecule has 0 aliphatic carbocycles. The quantitative estimate of drug-likeness (QED) is 0.649. The fourth-order valence-corrected chi connectivity index (χ4v) is 6.10. The van der Waals surface area contributed by atoms with Crippen molar-refractivity contribution in [2.75, 3.05) is 44.2 Å². The normalized spacial score (nSPS) is 31.2. The van der Waals surface area contributed by atoms with Gasteiger partial charge in [-0.2, -0.15) is 9.97 Å². The number of fused-ring (bicyclic) bond motifs is 2. The van der Waals surface area contributed by atoms with Crippen LogP contribution in [0.3, 0.4) is 0 Å². The number of alkyl halides is 1. The second-order valence-electron chi connectivity index (χ2n) is 9.77. The van der Waals surface area contributed by atoms with Gasteiger partial charge in [0, 0.05) is 25.7 Å². The first kappa shape index (κ1) is 22.0. The predicted molar refractivity (Wildman–Crippen MR) is 120 cm³/mol. The molecular formula is C22H25ClF2N6O3. The van der Waals surface area contributed by atoms with E-state index in [-0.39, 0.29) is 28.8 Å². The average Bonchev–Trinajstić information content (AvgIpc) is 3.46. The minimum absolute atomic E-state index is 0.00775. The van der Waals surface area contributed by atoms with Crippen LogP contribution in [0.25, 0.3) is 10.9 Å². The number of nitrogens with zero attached hydrogens (tertiary/aromatic N) is 5. The summed E-state index contributed by atoms with van der Waals surface area (Å²) in [7, 11) is 0. The van der Waals surface area contributed by atoms with E-state index < -0.39 is 23.7 Å². The Labute approximate surface area is 199 Å². The summed E-state index contributed by atoms with van der Waals surface area (Å²) in [5.74, 6) is -0.306. The van der Waals surface area contributed by atoms with Gasteiger partial charge in [-0.05, 0) is 32.2 Å². The molecule has 2 aromatic heterocycles. The van der Waals surface area contributed by atoms with Gasteiger partial charge in [-0.15, -0.1) is 0 Å². The van der Waals surface area contributed by atoms with Crippen LogP contribution in [0.15, 0.2) is 6.20 Å². The Morgan fingerprint density at radius 3 is 2.97 bits per heavy atom. The van der Waals surface area contributed by atoms with Crippen LogP contribution in [-0.2, 0) is 4.74 Å². The minimum Gasteiger partial charge on any atom is -0.461 e. The second-order valence-corrected chi connectivity index (χ2v) is 10.1. The van der Waals surface area contributed by atoms with Crippen LogP contribution in [0.2, 0.25) is 5.15 Å². The number of piperidine rings is 1. The maximum Gasteiger partial charge on any atom is 0.407 e. The number of hydrogen-bond donors (Lipinski definition) is 1. The largest absolute Gasteiger partial charge is 0.461 e. The molecule has 3 atom stereocenters. The summed E-state index contributed by atoms with van der Waals surface area (Å²) in [5.41, 5.74) is -1.04. The molecule has 4 aliphatic heterocycles. The van der Waals surface area contributed by atoms with Crippen molar-refractivity contribution in [3.8, 4) is 6.01 Å². The second kappa shape index (κ2) is 8.01. The number of carbonyl (C=O) groups is 1. The number of aromatic nitrogens is 3. The third kappa shape index (κ3) is 3.60. The van der Waals surface area contributed by atoms with Crippen molar-refractivity contribution in [3.63, 3.8) is 0 Å². The summed E-state index contributed by atoms with van der Waals surface area (Å²) in [6, 6.07) is 0.00775. The van der Waals surface area contributed by atoms with Gasteiger partial charge in [0.2, 0.25) is 0 Å². The summed E-state index contributed by atoms with van der Waals surface area (Å²) in [4.78, 5) is 28.7. The van der Waals surface area contributed by atoms with E-state index in [0.29, 0.717) is 43.8 Å². The topological polar surface area (TPSA) is 92.7 Å². The van der Waals surface area contributed by atoms with E-state index in [1.54, 1.807) is 0 Å². The number of pyridine rings is 1. The van der Waals surface area contributed by atoms with E-state index in [9.17, 15) is 13.6 Å². The third-order valence-electron chi connectivity index (χ3n) is 7.53. The molecule has 182 valence electrons. The van der Waals surface area contributed by atoms with Crippen molar-refractivity contribution < 1.29 is 23.0 Å². The number of halogens is 3. The number of ether oxygens (including phenoxy) is 2. The van der Waals surface area contributed by atoms with Crippen LogP contribution in [0, 0.1) is 5.82 Å². The van der Waals surface area contributed by atoms with Crippen molar-refractivity contribution in [1.29, 1.82) is 0 Å². The van der Waals surface area contributed by atoms with E-state index in [2.05, 4.69) is 25.2 Å². The molecule has 0 bridgehead atoms. The highest BCUT2D eigenvalue weighted by molar-refractivity contribution is 6.30. The lowest BCUT2D eigenvalue weighted by atomic mass is 9.93. The van der Waals surface area contributed by atoms with Crippen LogP contribution in [0.4, 0.5) is 19.4 Å². The van der Waals surface area contributed by atoms with E-state index >= 15 is 0 Å². The smallest absolute Gasteiger partial charge is 0.407 e. The van der Waals surface area contributed by atoms with Gasteiger partial charge in [-0.25, -0.2) is 18.6 Å². The zero-order valence-electron chi connectivity index (χ0n) is 18.5. The lowest BCUT2D eigenvalue weighted by Gasteiger charge is -2.39. The number of rotatable bonds is 4. The molecule has 0 saturated carbocycles. The molecule has 0 aromatic carbocycles. The fraction of sp³-hybridized carbons (Fsp3) is 0.636. The number of nitrogens with one attached hydrogen (secondary N) is 1. The van der Waals surface area contributed by atoms with Crippen LogP contribution < -0.4 is 15.0 Å². The van der Waals surface area contributed by atoms with Crippen LogP contribution in [-0.4, -0.2) is 82.6 Å². The first-order valence-corrected chi connectivity index (χ1v) is 12.0. The molecule has 4 fully saturated rings. The molecule has 4 saturated heterocycles. The summed E-state index contributed by atoms with van der Waals surface area (Å²) >= 11 is 5.95.